The number of carbonyl (C=O) groups excluding carboxylic acids is 1. The van der Waals surface area contributed by atoms with Crippen LogP contribution in [-0.4, -0.2) is 30.5 Å². The van der Waals surface area contributed by atoms with Crippen molar-refractivity contribution in [2.24, 2.45) is 0 Å². The molecule has 4 heteroatoms. The minimum absolute atomic E-state index is 0. The monoisotopic (exact) mass is 347 g/mol. The van der Waals surface area contributed by atoms with Gasteiger partial charge in [-0.1, -0.05) is 90.9 Å². The molecule has 0 fully saturated rings. The average Bonchev–Trinajstić information content (AvgIpc) is 2.57. The van der Waals surface area contributed by atoms with Crippen molar-refractivity contribution < 1.29 is 28.8 Å². The Morgan fingerprint density at radius 2 is 1.00 bits per heavy atom. The molecule has 0 spiro atoms. The molecule has 0 radical (unpaired) electrons. The fourth-order valence-corrected chi connectivity index (χ4v) is 3.17. The van der Waals surface area contributed by atoms with E-state index in [1.807, 2.05) is 0 Å². The van der Waals surface area contributed by atoms with Crippen LogP contribution in [0.4, 0.5) is 0 Å². The van der Waals surface area contributed by atoms with Crippen molar-refractivity contribution in [1.29, 1.82) is 0 Å². The van der Waals surface area contributed by atoms with Gasteiger partial charge in [-0.25, -0.2) is 0 Å². The molecule has 0 aliphatic carbocycles. The summed E-state index contributed by atoms with van der Waals surface area (Å²) in [5.74, 6) is -0.917. The number of aliphatic carboxylic acids is 1. The Kier molecular flexibility index (Phi) is 24.1. The maximum atomic E-state index is 10.7. The third kappa shape index (κ3) is 22.0. The van der Waals surface area contributed by atoms with E-state index < -0.39 is 5.97 Å². The molecule has 0 unspecified atom stereocenters. The van der Waals surface area contributed by atoms with Gasteiger partial charge in [0.25, 0.3) is 0 Å². The van der Waals surface area contributed by atoms with Gasteiger partial charge in [0.05, 0.1) is 0 Å². The van der Waals surface area contributed by atoms with Crippen LogP contribution < -0.4 is 24.0 Å². The zero-order chi connectivity index (χ0) is 17.9. The van der Waals surface area contributed by atoms with Crippen LogP contribution in [0.5, 0.6) is 0 Å². The van der Waals surface area contributed by atoms with Crippen LogP contribution >= 0.6 is 0 Å². The first-order chi connectivity index (χ1) is 11.7. The molecule has 0 heterocycles. The summed E-state index contributed by atoms with van der Waals surface area (Å²) in [6.45, 7) is 7.26. The second-order valence-corrected chi connectivity index (χ2v) is 7.21. The van der Waals surface area contributed by atoms with E-state index >= 15 is 0 Å². The van der Waals surface area contributed by atoms with E-state index in [1.165, 1.54) is 89.9 Å². The summed E-state index contributed by atoms with van der Waals surface area (Å²) in [4.78, 5) is 13.1. The minimum Gasteiger partial charge on any atom is -0.550 e. The van der Waals surface area contributed by atoms with Gasteiger partial charge in [-0.3, -0.25) is 0 Å². The van der Waals surface area contributed by atoms with Gasteiger partial charge in [-0.15, -0.1) is 0 Å². The first-order valence-corrected chi connectivity index (χ1v) is 10.6. The van der Waals surface area contributed by atoms with Crippen LogP contribution in [0.15, 0.2) is 0 Å². The number of rotatable bonds is 19. The number of carbonyl (C=O) groups is 1. The van der Waals surface area contributed by atoms with Crippen LogP contribution in [0.2, 0.25) is 0 Å². The second-order valence-electron chi connectivity index (χ2n) is 7.21. The van der Waals surface area contributed by atoms with Gasteiger partial charge in [-0.2, -0.15) is 0 Å². The van der Waals surface area contributed by atoms with E-state index in [4.69, 9.17) is 0 Å². The molecule has 0 N–H and O–H groups in total. The summed E-state index contributed by atoms with van der Waals surface area (Å²) in [7, 11) is 0. The van der Waals surface area contributed by atoms with Crippen molar-refractivity contribution in [3.8, 4) is 0 Å². The largest absolute Gasteiger partial charge is 1.00 e. The molecule has 144 valence electrons. The number of carboxylic acid groups (broad SMARTS) is 1. The van der Waals surface area contributed by atoms with Gasteiger partial charge in [0, 0.05) is 12.5 Å². The van der Waals surface area contributed by atoms with Gasteiger partial charge < -0.3 is 14.8 Å². The van der Waals surface area contributed by atoms with Gasteiger partial charge >= 0.3 is 18.9 Å². The Bertz CT molecular complexity index is 257. The van der Waals surface area contributed by atoms with E-state index in [-0.39, 0.29) is 25.3 Å². The van der Waals surface area contributed by atoms with Gasteiger partial charge in [0.1, 0.15) is 0 Å². The topological polar surface area (TPSA) is 43.4 Å². The Morgan fingerprint density at radius 1 is 0.640 bits per heavy atom. The Hall–Kier alpha value is 0.0274. The van der Waals surface area contributed by atoms with E-state index in [9.17, 15) is 9.90 Å². The summed E-state index contributed by atoms with van der Waals surface area (Å²) in [5.41, 5.74) is 0. The van der Waals surface area contributed by atoms with Crippen molar-refractivity contribution in [2.75, 3.05) is 19.6 Å². The minimum atomic E-state index is -0.917. The third-order valence-corrected chi connectivity index (χ3v) is 4.79. The molecule has 3 nitrogen and oxygen atoms in total. The molecule has 25 heavy (non-hydrogen) atoms. The van der Waals surface area contributed by atoms with Crippen molar-refractivity contribution >= 4 is 5.97 Å². The van der Waals surface area contributed by atoms with Crippen LogP contribution in [0, 0.1) is 0 Å². The number of hydrogen-bond donors (Lipinski definition) is 0. The van der Waals surface area contributed by atoms with Gasteiger partial charge in [0.15, 0.2) is 0 Å². The summed E-state index contributed by atoms with van der Waals surface area (Å²) in [5, 5.41) is 10.7. The van der Waals surface area contributed by atoms with E-state index in [2.05, 4.69) is 18.7 Å². The molecule has 0 aromatic rings. The molecule has 0 bridgehead atoms. The van der Waals surface area contributed by atoms with E-state index in [0.717, 1.165) is 13.1 Å². The second kappa shape index (κ2) is 22.1. The predicted octanol–water partition coefficient (Wildman–Crippen LogP) is 1.93. The summed E-state index contributed by atoms with van der Waals surface area (Å²) in [6.07, 6.45) is 18.5. The number of hydrogen-bond acceptors (Lipinski definition) is 3. The molecule has 0 aliphatic heterocycles. The number of nitrogens with zero attached hydrogens (tertiary/aromatic N) is 1. The summed E-state index contributed by atoms with van der Waals surface area (Å²) < 4.78 is 0. The third-order valence-electron chi connectivity index (χ3n) is 4.79. The van der Waals surface area contributed by atoms with Crippen LogP contribution in [-0.2, 0) is 4.79 Å². The molecule has 0 aliphatic rings. The van der Waals surface area contributed by atoms with Crippen molar-refractivity contribution in [2.45, 2.75) is 110 Å². The maximum absolute atomic E-state index is 10.7. The normalized spacial score (nSPS) is 10.8. The molecule has 0 saturated heterocycles. The molecular weight excluding hydrogens is 305 g/mol. The molecular formula is C21H42LiNO2. The van der Waals surface area contributed by atoms with Gasteiger partial charge in [0.2, 0.25) is 0 Å². The average molecular weight is 348 g/mol. The van der Waals surface area contributed by atoms with Crippen LogP contribution in [0.25, 0.3) is 0 Å². The predicted molar refractivity (Wildman–Crippen MR) is 102 cm³/mol. The van der Waals surface area contributed by atoms with Crippen molar-refractivity contribution in [3.63, 3.8) is 0 Å². The fourth-order valence-electron chi connectivity index (χ4n) is 3.17. The Labute approximate surface area is 169 Å². The summed E-state index contributed by atoms with van der Waals surface area (Å²) in [6, 6.07) is 0. The number of unbranched alkanes of at least 4 members (excludes halogenated alkanes) is 12. The van der Waals surface area contributed by atoms with Crippen LogP contribution in [0.3, 0.4) is 0 Å². The first kappa shape index (κ1) is 27.2. The number of carboxylic acids is 1. The fraction of sp³-hybridized carbons (Fsp3) is 0.952. The zero-order valence-corrected chi connectivity index (χ0v) is 17.5. The molecule has 0 aromatic heterocycles. The first-order valence-electron chi connectivity index (χ1n) is 10.6. The van der Waals surface area contributed by atoms with Crippen molar-refractivity contribution in [1.82, 2.24) is 4.90 Å². The molecule has 0 rings (SSSR count). The van der Waals surface area contributed by atoms with Crippen LogP contribution in [0.1, 0.15) is 110 Å². The Balaban J connectivity index is 0. The Morgan fingerprint density at radius 3 is 1.36 bits per heavy atom. The molecule has 0 aromatic carbocycles. The van der Waals surface area contributed by atoms with Crippen molar-refractivity contribution in [3.05, 3.63) is 0 Å². The maximum Gasteiger partial charge on any atom is 1.00 e. The van der Waals surface area contributed by atoms with E-state index in [1.54, 1.807) is 0 Å². The molecule has 0 saturated carbocycles. The zero-order valence-electron chi connectivity index (χ0n) is 17.5. The smallest absolute Gasteiger partial charge is 0.550 e. The van der Waals surface area contributed by atoms with E-state index in [0.29, 0.717) is 6.54 Å². The summed E-state index contributed by atoms with van der Waals surface area (Å²) >= 11 is 0. The standard InChI is InChI=1S/C21H43NO2.Li/c1-3-5-7-9-11-13-15-18-22(20-17-21(23)24)19-16-14-12-10-8-6-4-2;/h3-20H2,1-2H3,(H,23,24);/q;+1/p-1. The SMILES string of the molecule is CCCCCCCCCN(CCCCCCCCC)CCC(=O)[O-].[Li+]. The quantitative estimate of drug-likeness (QED) is 0.265. The molecule has 0 atom stereocenters. The van der Waals surface area contributed by atoms with Gasteiger partial charge in [-0.05, 0) is 32.4 Å². The molecule has 0 amide bonds.